The van der Waals surface area contributed by atoms with Crippen molar-refractivity contribution in [2.75, 3.05) is 44.8 Å². The number of likely N-dealkylation sites (tertiary alicyclic amines) is 1. The number of esters is 1. The second-order valence-electron chi connectivity index (χ2n) is 7.58. The van der Waals surface area contributed by atoms with Crippen molar-refractivity contribution < 1.29 is 28.6 Å². The van der Waals surface area contributed by atoms with Crippen LogP contribution in [0.25, 0.3) is 0 Å². The Morgan fingerprint density at radius 3 is 2.34 bits per heavy atom. The van der Waals surface area contributed by atoms with Crippen LogP contribution >= 0.6 is 0 Å². The summed E-state index contributed by atoms with van der Waals surface area (Å²) in [5.41, 5.74) is 1.42. The fourth-order valence-corrected chi connectivity index (χ4v) is 4.35. The fraction of sp³-hybridized carbons (Fsp3) is 0.619. The van der Waals surface area contributed by atoms with E-state index in [0.29, 0.717) is 64.2 Å². The predicted molar refractivity (Wildman–Crippen MR) is 106 cm³/mol. The molecule has 0 bridgehead atoms. The van der Waals surface area contributed by atoms with Crippen LogP contribution in [0.15, 0.2) is 12.1 Å². The van der Waals surface area contributed by atoms with Crippen molar-refractivity contribution in [1.82, 2.24) is 4.90 Å². The number of anilines is 1. The second kappa shape index (κ2) is 9.33. The Balaban J connectivity index is 1.80. The minimum Gasteiger partial charge on any atom is -0.494 e. The van der Waals surface area contributed by atoms with Crippen LogP contribution in [0.1, 0.15) is 44.1 Å². The first kappa shape index (κ1) is 21.2. The third kappa shape index (κ3) is 4.57. The molecule has 0 unspecified atom stereocenters. The van der Waals surface area contributed by atoms with Gasteiger partial charge in [-0.15, -0.1) is 0 Å². The first-order chi connectivity index (χ1) is 14.0. The number of hydrogen-bond acceptors (Lipinski definition) is 5. The Morgan fingerprint density at radius 2 is 1.79 bits per heavy atom. The van der Waals surface area contributed by atoms with E-state index in [4.69, 9.17) is 9.47 Å². The number of benzene rings is 1. The van der Waals surface area contributed by atoms with E-state index >= 15 is 4.39 Å². The van der Waals surface area contributed by atoms with Gasteiger partial charge in [-0.2, -0.15) is 0 Å². The molecule has 0 spiro atoms. The molecule has 0 aliphatic carbocycles. The molecular weight excluding hydrogens is 379 g/mol. The average molecular weight is 408 g/mol. The van der Waals surface area contributed by atoms with Crippen molar-refractivity contribution in [2.24, 2.45) is 5.92 Å². The molecule has 1 aromatic carbocycles. The van der Waals surface area contributed by atoms with Gasteiger partial charge in [-0.05, 0) is 50.2 Å². The average Bonchev–Trinajstić information content (AvgIpc) is 2.74. The van der Waals surface area contributed by atoms with Crippen LogP contribution in [0.3, 0.4) is 0 Å². The number of hydrogen-bond donors (Lipinski definition) is 1. The maximum absolute atomic E-state index is 15.3. The third-order valence-corrected chi connectivity index (χ3v) is 5.97. The molecule has 0 atom stereocenters. The zero-order chi connectivity index (χ0) is 21.0. The van der Waals surface area contributed by atoms with E-state index in [-0.39, 0.29) is 29.4 Å². The highest BCUT2D eigenvalue weighted by atomic mass is 19.1. The normalized spacial score (nSPS) is 18.6. The van der Waals surface area contributed by atoms with Crippen LogP contribution in [0.5, 0.6) is 5.75 Å². The van der Waals surface area contributed by atoms with E-state index < -0.39 is 6.09 Å². The number of methoxy groups -OCH3 is 1. The molecule has 2 fully saturated rings. The van der Waals surface area contributed by atoms with Gasteiger partial charge < -0.3 is 24.4 Å². The zero-order valence-electron chi connectivity index (χ0n) is 17.0. The highest BCUT2D eigenvalue weighted by molar-refractivity contribution is 5.73. The number of halogens is 1. The Kier molecular flexibility index (Phi) is 6.82. The van der Waals surface area contributed by atoms with Crippen molar-refractivity contribution in [3.8, 4) is 5.75 Å². The lowest BCUT2D eigenvalue weighted by molar-refractivity contribution is -0.148. The molecule has 2 saturated heterocycles. The Hall–Kier alpha value is -2.51. The van der Waals surface area contributed by atoms with Crippen LogP contribution in [-0.4, -0.2) is 62.0 Å². The van der Waals surface area contributed by atoms with E-state index in [0.717, 1.165) is 5.56 Å². The quantitative estimate of drug-likeness (QED) is 0.752. The summed E-state index contributed by atoms with van der Waals surface area (Å²) in [4.78, 5) is 26.6. The third-order valence-electron chi connectivity index (χ3n) is 5.97. The number of carboxylic acid groups (broad SMARTS) is 1. The Bertz CT molecular complexity index is 741. The van der Waals surface area contributed by atoms with Crippen molar-refractivity contribution in [2.45, 2.75) is 38.5 Å². The largest absolute Gasteiger partial charge is 0.494 e. The molecule has 3 rings (SSSR count). The molecule has 160 valence electrons. The molecule has 0 aromatic heterocycles. The van der Waals surface area contributed by atoms with Crippen LogP contribution < -0.4 is 9.64 Å². The predicted octanol–water partition coefficient (Wildman–Crippen LogP) is 3.47. The van der Waals surface area contributed by atoms with Gasteiger partial charge in [0.05, 0.1) is 25.3 Å². The summed E-state index contributed by atoms with van der Waals surface area (Å²) in [6.45, 7) is 4.17. The maximum atomic E-state index is 15.3. The van der Waals surface area contributed by atoms with Crippen LogP contribution in [0.2, 0.25) is 0 Å². The first-order valence-corrected chi connectivity index (χ1v) is 10.2. The number of ether oxygens (including phenoxy) is 2. The molecule has 7 nitrogen and oxygen atoms in total. The molecule has 8 heteroatoms. The summed E-state index contributed by atoms with van der Waals surface area (Å²) in [5.74, 6) is -0.440. The number of amides is 1. The van der Waals surface area contributed by atoms with Gasteiger partial charge in [0, 0.05) is 26.2 Å². The van der Waals surface area contributed by atoms with E-state index in [9.17, 15) is 14.7 Å². The molecular formula is C21H29FN2O5. The van der Waals surface area contributed by atoms with Gasteiger partial charge in [0.1, 0.15) is 0 Å². The number of carbonyl (C=O) groups is 2. The highest BCUT2D eigenvalue weighted by Gasteiger charge is 2.32. The number of nitrogens with zero attached hydrogens (tertiary/aromatic N) is 2. The molecule has 0 radical (unpaired) electrons. The van der Waals surface area contributed by atoms with Crippen molar-refractivity contribution in [3.05, 3.63) is 23.5 Å². The lowest BCUT2D eigenvalue weighted by Gasteiger charge is -2.37. The van der Waals surface area contributed by atoms with E-state index in [1.807, 2.05) is 11.0 Å². The number of piperidine rings is 2. The van der Waals surface area contributed by atoms with Crippen molar-refractivity contribution in [3.63, 3.8) is 0 Å². The van der Waals surface area contributed by atoms with Gasteiger partial charge in [0.15, 0.2) is 11.6 Å². The van der Waals surface area contributed by atoms with E-state index in [1.165, 1.54) is 12.0 Å². The van der Waals surface area contributed by atoms with Crippen LogP contribution in [0, 0.1) is 11.7 Å². The minimum absolute atomic E-state index is 0.0868. The summed E-state index contributed by atoms with van der Waals surface area (Å²) in [7, 11) is 1.44. The zero-order valence-corrected chi connectivity index (χ0v) is 17.0. The van der Waals surface area contributed by atoms with Gasteiger partial charge in [0.2, 0.25) is 0 Å². The number of carbonyl (C=O) groups excluding carboxylic acids is 1. The molecule has 1 N–H and O–H groups in total. The smallest absolute Gasteiger partial charge is 0.407 e. The SMILES string of the molecule is CCOC(=O)C1CCN(c2c(C3CCN(C(=O)O)CC3)ccc(OC)c2F)CC1. The molecule has 2 heterocycles. The maximum Gasteiger partial charge on any atom is 0.407 e. The van der Waals surface area contributed by atoms with Gasteiger partial charge in [-0.3, -0.25) is 4.79 Å². The molecule has 2 aliphatic rings. The molecule has 29 heavy (non-hydrogen) atoms. The number of rotatable bonds is 5. The monoisotopic (exact) mass is 408 g/mol. The molecule has 1 amide bonds. The Labute approximate surface area is 170 Å². The molecule has 1 aromatic rings. The van der Waals surface area contributed by atoms with E-state index in [1.54, 1.807) is 13.0 Å². The summed E-state index contributed by atoms with van der Waals surface area (Å²) in [6, 6.07) is 3.54. The first-order valence-electron chi connectivity index (χ1n) is 10.2. The molecule has 0 saturated carbocycles. The summed E-state index contributed by atoms with van der Waals surface area (Å²) in [5, 5.41) is 9.18. The second-order valence-corrected chi connectivity index (χ2v) is 7.58. The van der Waals surface area contributed by atoms with Crippen LogP contribution in [-0.2, 0) is 9.53 Å². The summed E-state index contributed by atoms with van der Waals surface area (Å²) >= 11 is 0. The van der Waals surface area contributed by atoms with Gasteiger partial charge in [0.25, 0.3) is 0 Å². The van der Waals surface area contributed by atoms with Gasteiger partial charge >= 0.3 is 12.1 Å². The van der Waals surface area contributed by atoms with E-state index in [2.05, 4.69) is 0 Å². The lowest BCUT2D eigenvalue weighted by Crippen LogP contribution is -2.39. The van der Waals surface area contributed by atoms with Crippen LogP contribution in [0.4, 0.5) is 14.9 Å². The Morgan fingerprint density at radius 1 is 1.14 bits per heavy atom. The topological polar surface area (TPSA) is 79.3 Å². The standard InChI is InChI=1S/C21H29FN2O5/c1-3-29-20(25)15-8-10-23(11-9-15)19-16(4-5-17(28-2)18(19)22)14-6-12-24(13-7-14)21(26)27/h4-5,14-15H,3,6-13H2,1-2H3,(H,26,27). The summed E-state index contributed by atoms with van der Waals surface area (Å²) < 4.78 is 25.6. The highest BCUT2D eigenvalue weighted by Crippen LogP contribution is 2.41. The van der Waals surface area contributed by atoms with Crippen molar-refractivity contribution >= 4 is 17.7 Å². The minimum atomic E-state index is -0.911. The fourth-order valence-electron chi connectivity index (χ4n) is 4.35. The summed E-state index contributed by atoms with van der Waals surface area (Å²) in [6.07, 6.45) is 1.64. The molecule has 2 aliphatic heterocycles. The van der Waals surface area contributed by atoms with Crippen molar-refractivity contribution in [1.29, 1.82) is 0 Å². The van der Waals surface area contributed by atoms with Gasteiger partial charge in [-0.25, -0.2) is 9.18 Å². The lowest BCUT2D eigenvalue weighted by atomic mass is 9.87. The van der Waals surface area contributed by atoms with Gasteiger partial charge in [-0.1, -0.05) is 6.07 Å².